The first kappa shape index (κ1) is 46.2. The highest BCUT2D eigenvalue weighted by atomic mass is 16.7. The predicted octanol–water partition coefficient (Wildman–Crippen LogP) is 4.47. The Morgan fingerprint density at radius 3 is 2.20 bits per heavy atom. The molecule has 4 aliphatic rings. The summed E-state index contributed by atoms with van der Waals surface area (Å²) in [5, 5.41) is 34.1. The molecule has 4 rings (SSSR count). The molecule has 1 amide bonds. The first-order valence-electron chi connectivity index (χ1n) is 20.8. The number of Topliss-reactive ketones (excluding diaryl/α,β-unsaturated/α-hetero) is 2. The third-order valence-electron chi connectivity index (χ3n) is 12.9. The fourth-order valence-electron chi connectivity index (χ4n) is 9.42. The van der Waals surface area contributed by atoms with Crippen molar-refractivity contribution in [2.24, 2.45) is 29.6 Å². The quantitative estimate of drug-likeness (QED) is 0.196. The van der Waals surface area contributed by atoms with E-state index in [1.807, 2.05) is 32.9 Å². The van der Waals surface area contributed by atoms with Crippen molar-refractivity contribution in [3.05, 3.63) is 23.3 Å². The van der Waals surface area contributed by atoms with Gasteiger partial charge in [-0.05, 0) is 100 Å². The van der Waals surface area contributed by atoms with Gasteiger partial charge in [-0.15, -0.1) is 0 Å². The second-order valence-electron chi connectivity index (χ2n) is 17.1. The minimum absolute atomic E-state index is 0.000447. The van der Waals surface area contributed by atoms with E-state index < -0.39 is 77.9 Å². The van der Waals surface area contributed by atoms with Crippen LogP contribution in [0.3, 0.4) is 0 Å². The Morgan fingerprint density at radius 2 is 1.55 bits per heavy atom. The Balaban J connectivity index is 1.76. The molecule has 3 N–H and O–H groups in total. The fourth-order valence-corrected chi connectivity index (χ4v) is 9.42. The molecule has 3 heterocycles. The topological polar surface area (TPSA) is 178 Å². The number of esters is 1. The highest BCUT2D eigenvalue weighted by molar-refractivity contribution is 6.39. The van der Waals surface area contributed by atoms with Gasteiger partial charge in [0.2, 0.25) is 5.79 Å². The van der Waals surface area contributed by atoms with Gasteiger partial charge in [0.15, 0.2) is 5.78 Å². The summed E-state index contributed by atoms with van der Waals surface area (Å²) in [6.45, 7) is 11.3. The van der Waals surface area contributed by atoms with Crippen molar-refractivity contribution in [2.75, 3.05) is 27.9 Å². The van der Waals surface area contributed by atoms with E-state index in [9.17, 15) is 34.5 Å². The summed E-state index contributed by atoms with van der Waals surface area (Å²) < 4.78 is 29.7. The fraction of sp³-hybridized carbons (Fsp3) is 0.814. The van der Waals surface area contributed by atoms with Crippen LogP contribution in [0.15, 0.2) is 23.3 Å². The number of amides is 1. The monoisotopic (exact) mass is 791 g/mol. The van der Waals surface area contributed by atoms with Gasteiger partial charge in [0.05, 0.1) is 30.5 Å². The van der Waals surface area contributed by atoms with E-state index in [0.29, 0.717) is 62.5 Å². The molecule has 56 heavy (non-hydrogen) atoms. The normalized spacial score (nSPS) is 41.6. The van der Waals surface area contributed by atoms with Crippen molar-refractivity contribution in [3.8, 4) is 0 Å². The molecule has 2 bridgehead atoms. The third kappa shape index (κ3) is 10.7. The number of aliphatic hydroxyl groups is 3. The van der Waals surface area contributed by atoms with E-state index >= 15 is 0 Å². The van der Waals surface area contributed by atoms with Gasteiger partial charge in [-0.3, -0.25) is 14.4 Å². The number of fused-ring (bicyclic) bond motifs is 3. The van der Waals surface area contributed by atoms with Crippen LogP contribution in [0.25, 0.3) is 0 Å². The summed E-state index contributed by atoms with van der Waals surface area (Å²) >= 11 is 0. The zero-order chi connectivity index (χ0) is 41.5. The number of ether oxygens (including phenoxy) is 5. The number of ketones is 2. The van der Waals surface area contributed by atoms with E-state index in [2.05, 4.69) is 6.92 Å². The van der Waals surface area contributed by atoms with Crippen molar-refractivity contribution >= 4 is 23.4 Å². The van der Waals surface area contributed by atoms with Crippen molar-refractivity contribution in [1.82, 2.24) is 4.90 Å². The van der Waals surface area contributed by atoms with Crippen LogP contribution >= 0.6 is 0 Å². The molecule has 0 aromatic rings. The summed E-state index contributed by atoms with van der Waals surface area (Å²) in [5.41, 5.74) is 1.28. The van der Waals surface area contributed by atoms with Gasteiger partial charge in [0.25, 0.3) is 11.7 Å². The van der Waals surface area contributed by atoms with Crippen molar-refractivity contribution in [1.29, 1.82) is 0 Å². The number of methoxy groups -OCH3 is 3. The van der Waals surface area contributed by atoms with Crippen LogP contribution in [-0.4, -0.2) is 126 Å². The van der Waals surface area contributed by atoms with Gasteiger partial charge in [-0.25, -0.2) is 4.79 Å². The van der Waals surface area contributed by atoms with Gasteiger partial charge in [-0.1, -0.05) is 46.8 Å². The second-order valence-corrected chi connectivity index (χ2v) is 17.1. The summed E-state index contributed by atoms with van der Waals surface area (Å²) in [5.74, 6) is -7.11. The molecule has 3 fully saturated rings. The third-order valence-corrected chi connectivity index (χ3v) is 12.9. The molecule has 1 saturated carbocycles. The number of nitrogens with zero attached hydrogens (tertiary/aromatic N) is 1. The van der Waals surface area contributed by atoms with Crippen LogP contribution in [0.5, 0.6) is 0 Å². The zero-order valence-electron chi connectivity index (χ0n) is 35.1. The molecule has 0 spiro atoms. The minimum atomic E-state index is -2.50. The Morgan fingerprint density at radius 1 is 0.893 bits per heavy atom. The van der Waals surface area contributed by atoms with Crippen LogP contribution in [-0.2, 0) is 42.9 Å². The SMILES string of the molecule is CC/C1=C/C(C)CC(C)CC(OC)C2OC(O)(C(=O)C(=O)N3CCCCC3C(=O)OC(C(C)=CC3CCC(O)C(OC)C3)C(C)C(O)CC1=O)C(C)CC2OC. The van der Waals surface area contributed by atoms with Gasteiger partial charge < -0.3 is 43.9 Å². The molecule has 3 aliphatic heterocycles. The summed E-state index contributed by atoms with van der Waals surface area (Å²) in [4.78, 5) is 57.6. The molecule has 0 aromatic carbocycles. The Kier molecular flexibility index (Phi) is 16.9. The lowest BCUT2D eigenvalue weighted by molar-refractivity contribution is -0.302. The van der Waals surface area contributed by atoms with Gasteiger partial charge in [0.1, 0.15) is 18.2 Å². The summed E-state index contributed by atoms with van der Waals surface area (Å²) in [7, 11) is 4.63. The average Bonchev–Trinajstić information content (AvgIpc) is 3.18. The lowest BCUT2D eigenvalue weighted by Gasteiger charge is -2.47. The summed E-state index contributed by atoms with van der Waals surface area (Å²) in [6.07, 6.45) is 3.70. The van der Waals surface area contributed by atoms with Crippen molar-refractivity contribution in [3.63, 3.8) is 0 Å². The Bertz CT molecular complexity index is 1430. The highest BCUT2D eigenvalue weighted by Gasteiger charge is 2.56. The van der Waals surface area contributed by atoms with Crippen LogP contribution in [0.4, 0.5) is 0 Å². The second kappa shape index (κ2) is 20.4. The standard InChI is InChI=1S/C43H69NO12/c1-10-30-18-24(2)17-25(3)19-36(53-8)39-37(54-9)21-27(5)43(51,56-39)40(48)41(49)44-16-12-11-13-31(44)42(50)55-38(28(6)33(46)23-34(30)47)26(4)20-29-14-15-32(45)35(22-29)52-7/h18,20,24-25,27-29,31-33,35-39,45-46,51H,10-17,19,21-23H2,1-9H3/b26-20?,30-18-. The van der Waals surface area contributed by atoms with Gasteiger partial charge in [-0.2, -0.15) is 0 Å². The smallest absolute Gasteiger partial charge is 0.329 e. The van der Waals surface area contributed by atoms with Crippen molar-refractivity contribution in [2.45, 2.75) is 167 Å². The maximum Gasteiger partial charge on any atom is 0.329 e. The number of carbonyl (C=O) groups excluding carboxylic acids is 4. The lowest BCUT2D eigenvalue weighted by Crippen LogP contribution is -2.64. The predicted molar refractivity (Wildman–Crippen MR) is 208 cm³/mol. The Hall–Kier alpha value is -2.52. The number of hydrogen-bond acceptors (Lipinski definition) is 12. The molecule has 13 nitrogen and oxygen atoms in total. The van der Waals surface area contributed by atoms with E-state index in [0.717, 1.165) is 0 Å². The Labute approximate surface area is 333 Å². The van der Waals surface area contributed by atoms with E-state index in [-0.39, 0.29) is 55.4 Å². The maximum absolute atomic E-state index is 14.3. The summed E-state index contributed by atoms with van der Waals surface area (Å²) in [6, 6.07) is -1.13. The van der Waals surface area contributed by atoms with E-state index in [1.54, 1.807) is 21.0 Å². The minimum Gasteiger partial charge on any atom is -0.456 e. The average molecular weight is 792 g/mol. The molecule has 2 saturated heterocycles. The molecule has 0 radical (unpaired) electrons. The van der Waals surface area contributed by atoms with E-state index in [4.69, 9.17) is 23.7 Å². The zero-order valence-corrected chi connectivity index (χ0v) is 35.1. The van der Waals surface area contributed by atoms with Crippen LogP contribution in [0.1, 0.15) is 112 Å². The van der Waals surface area contributed by atoms with Crippen LogP contribution < -0.4 is 0 Å². The van der Waals surface area contributed by atoms with E-state index in [1.165, 1.54) is 19.1 Å². The first-order chi connectivity index (χ1) is 26.5. The molecule has 0 aromatic heterocycles. The molecular formula is C43H69NO12. The largest absolute Gasteiger partial charge is 0.456 e. The molecule has 14 unspecified atom stereocenters. The molecule has 13 heteroatoms. The number of piperidine rings is 1. The number of rotatable bonds is 6. The maximum atomic E-state index is 14.3. The highest BCUT2D eigenvalue weighted by Crippen LogP contribution is 2.39. The van der Waals surface area contributed by atoms with Gasteiger partial charge >= 0.3 is 5.97 Å². The van der Waals surface area contributed by atoms with Gasteiger partial charge in [0, 0.05) is 46.1 Å². The molecule has 1 aliphatic carbocycles. The number of carbonyl (C=O) groups is 4. The van der Waals surface area contributed by atoms with Crippen LogP contribution in [0.2, 0.25) is 0 Å². The number of aliphatic hydroxyl groups excluding tert-OH is 2. The lowest BCUT2D eigenvalue weighted by atomic mass is 9.81. The number of hydrogen-bond donors (Lipinski definition) is 3. The number of allylic oxidation sites excluding steroid dienone is 3. The molecule has 318 valence electrons. The number of cyclic esters (lactones) is 1. The van der Waals surface area contributed by atoms with Crippen molar-refractivity contribution < 1.29 is 58.2 Å². The van der Waals surface area contributed by atoms with Crippen LogP contribution in [0, 0.1) is 29.6 Å². The first-order valence-corrected chi connectivity index (χ1v) is 20.8. The molecule has 14 atom stereocenters. The molecular weight excluding hydrogens is 722 g/mol.